The number of anilines is 6. The van der Waals surface area contributed by atoms with E-state index in [1.54, 1.807) is 14.2 Å². The van der Waals surface area contributed by atoms with E-state index in [1.165, 1.54) is 55.5 Å². The molecule has 5 aliphatic rings. The van der Waals surface area contributed by atoms with E-state index in [4.69, 9.17) is 64.1 Å². The zero-order valence-corrected chi connectivity index (χ0v) is 63.6. The number of azo groups is 2. The molecule has 11 rings (SSSR count). The molecule has 6 aromatic rings. The molecule has 2 aromatic heterocycles. The lowest BCUT2D eigenvalue weighted by Crippen LogP contribution is -2.62. The number of aliphatic imine (C=N–C) groups is 2. The minimum Gasteiger partial charge on any atom is -0.495 e. The Bertz CT molecular complexity index is 4710. The summed E-state index contributed by atoms with van der Waals surface area (Å²) in [5.74, 6) is -0.388. The van der Waals surface area contributed by atoms with Crippen LogP contribution >= 0.6 is 22.7 Å². The van der Waals surface area contributed by atoms with Crippen LogP contribution in [0.3, 0.4) is 0 Å². The maximum atomic E-state index is 14.6. The van der Waals surface area contributed by atoms with Crippen LogP contribution in [0, 0.1) is 5.92 Å². The number of carbonyl (C=O) groups excluding carboxylic acids is 4. The Hall–Kier alpha value is -9.10. The molecule has 2 saturated heterocycles. The number of amidine groups is 1. The van der Waals surface area contributed by atoms with Gasteiger partial charge in [-0.25, -0.2) is 19.3 Å². The summed E-state index contributed by atoms with van der Waals surface area (Å²) in [7, 11) is -6.26. The maximum Gasteiger partial charge on any atom is 0.358 e. The van der Waals surface area contributed by atoms with Gasteiger partial charge in [0.15, 0.2) is 5.78 Å². The van der Waals surface area contributed by atoms with Crippen molar-refractivity contribution in [1.82, 2.24) is 14.5 Å². The smallest absolute Gasteiger partial charge is 0.358 e. The fourth-order valence-electron chi connectivity index (χ4n) is 13.3. The molecular formula is C72H88N15O15S4+. The Morgan fingerprint density at radius 1 is 0.736 bits per heavy atom. The number of benzene rings is 4. The number of thiazole rings is 2. The van der Waals surface area contributed by atoms with Gasteiger partial charge in [-0.3, -0.25) is 23.5 Å². The first-order chi connectivity index (χ1) is 50.9. The Morgan fingerprint density at radius 3 is 2.05 bits per heavy atom. The maximum absolute atomic E-state index is 14.6. The second-order valence-electron chi connectivity index (χ2n) is 26.0. The highest BCUT2D eigenvalue weighted by Gasteiger charge is 2.51. The number of para-hydroxylation sites is 2. The van der Waals surface area contributed by atoms with Gasteiger partial charge < -0.3 is 54.3 Å². The van der Waals surface area contributed by atoms with Crippen molar-refractivity contribution in [2.75, 3.05) is 130 Å². The molecule has 0 aliphatic carbocycles. The topological polar surface area (TPSA) is 369 Å². The van der Waals surface area contributed by atoms with E-state index in [-0.39, 0.29) is 75.4 Å². The number of fused-ring (bicyclic) bond motifs is 5. The molecule has 4 bridgehead atoms. The third-order valence-corrected chi connectivity index (χ3v) is 22.7. The Morgan fingerprint density at radius 2 is 1.39 bits per heavy atom. The molecule has 1 spiro atoms. The van der Waals surface area contributed by atoms with Gasteiger partial charge in [0, 0.05) is 63.6 Å². The number of quaternary nitrogens is 1. The lowest BCUT2D eigenvalue weighted by atomic mass is 9.88. The summed E-state index contributed by atoms with van der Waals surface area (Å²) in [5, 5.41) is 28.4. The van der Waals surface area contributed by atoms with Crippen molar-refractivity contribution < 1.29 is 68.8 Å². The fourth-order valence-corrected chi connectivity index (χ4v) is 16.3. The number of carbonyl (C=O) groups is 4. The van der Waals surface area contributed by atoms with Gasteiger partial charge in [-0.2, -0.15) is 26.8 Å². The molecule has 3 amide bonds. The summed E-state index contributed by atoms with van der Waals surface area (Å²) < 4.78 is 98.5. The number of aromatic nitrogens is 2. The molecule has 106 heavy (non-hydrogen) atoms. The zero-order valence-electron chi connectivity index (χ0n) is 60.4. The van der Waals surface area contributed by atoms with Crippen LogP contribution in [0.25, 0.3) is 12.2 Å². The number of hydrogen-bond acceptors (Lipinski definition) is 27. The van der Waals surface area contributed by atoms with Crippen molar-refractivity contribution in [3.05, 3.63) is 99.3 Å². The van der Waals surface area contributed by atoms with Crippen LogP contribution in [0.1, 0.15) is 114 Å². The van der Waals surface area contributed by atoms with Gasteiger partial charge in [0.25, 0.3) is 37.9 Å². The first kappa shape index (κ1) is 78.0. The number of ketones is 1. The van der Waals surface area contributed by atoms with Crippen molar-refractivity contribution in [3.63, 3.8) is 0 Å². The zero-order chi connectivity index (χ0) is 75.5. The third kappa shape index (κ3) is 18.1. The Kier molecular flexibility index (Phi) is 25.5. The van der Waals surface area contributed by atoms with Gasteiger partial charge in [-0.1, -0.05) is 67.2 Å². The van der Waals surface area contributed by atoms with E-state index < -0.39 is 59.7 Å². The van der Waals surface area contributed by atoms with Gasteiger partial charge in [-0.15, -0.1) is 20.5 Å². The number of ether oxygens (including phenoxy) is 5. The highest BCUT2D eigenvalue weighted by Crippen LogP contribution is 2.47. The molecule has 564 valence electrons. The molecule has 30 nitrogen and oxygen atoms in total. The van der Waals surface area contributed by atoms with Gasteiger partial charge in [-0.05, 0) is 132 Å². The van der Waals surface area contributed by atoms with Gasteiger partial charge >= 0.3 is 5.91 Å². The molecular weight excluding hydrogens is 1440 g/mol. The van der Waals surface area contributed by atoms with Gasteiger partial charge in [0.1, 0.15) is 75.1 Å². The highest BCUT2D eigenvalue weighted by atomic mass is 32.2. The Labute approximate surface area is 623 Å². The fraction of sp³-hybridized carbons (Fsp3) is 0.444. The van der Waals surface area contributed by atoms with E-state index in [2.05, 4.69) is 66.4 Å². The largest absolute Gasteiger partial charge is 0.495 e. The number of nitrogens with zero attached hydrogens (tertiary/aromatic N) is 12. The summed E-state index contributed by atoms with van der Waals surface area (Å²) >= 11 is 2.24. The predicted molar refractivity (Wildman–Crippen MR) is 410 cm³/mol. The molecule has 2 fully saturated rings. The van der Waals surface area contributed by atoms with Crippen LogP contribution in [0.2, 0.25) is 0 Å². The van der Waals surface area contributed by atoms with E-state index in [0.29, 0.717) is 141 Å². The van der Waals surface area contributed by atoms with Crippen LogP contribution in [-0.4, -0.2) is 177 Å². The minimum atomic E-state index is -4.74. The van der Waals surface area contributed by atoms with Crippen molar-refractivity contribution in [2.24, 2.45) is 36.4 Å². The second kappa shape index (κ2) is 34.6. The second-order valence-corrected chi connectivity index (χ2v) is 30.7. The number of methoxy groups -OCH3 is 2. The van der Waals surface area contributed by atoms with Crippen molar-refractivity contribution in [2.45, 2.75) is 115 Å². The predicted octanol–water partition coefficient (Wildman–Crippen LogP) is 13.1. The summed E-state index contributed by atoms with van der Waals surface area (Å²) in [6.45, 7) is 17.0. The molecule has 3 atom stereocenters. The SMILES string of the molecule is CCN(CC)c1cc(NC2CCC(C)C3=NC(=N2)CCCCCOCN(CC)c2cc(c(N=Nc4nc5c(s4)C=C(C(=O)Nc4ccccc4S(=O)(=O)O)C(=O)[N+]54CCOCC4)cc2OC)C(C)CC3)c(N=Nc2nc(N3CCOCC3)c(C=C(C(C)=O)C(=O)Nc3ccccc3S(=O)(=O)O)s2)cc1OC. The van der Waals surface area contributed by atoms with Crippen LogP contribution in [0.15, 0.2) is 124 Å². The molecule has 5 N–H and O–H groups in total. The van der Waals surface area contributed by atoms with Crippen LogP contribution in [0.5, 0.6) is 11.5 Å². The lowest BCUT2D eigenvalue weighted by molar-refractivity contribution is -0.132. The van der Waals surface area contributed by atoms with Gasteiger partial charge in [0.05, 0.1) is 85.2 Å². The van der Waals surface area contributed by atoms with E-state index in [0.717, 1.165) is 83.1 Å². The number of hydrogen-bond donors (Lipinski definition) is 5. The first-order valence-corrected chi connectivity index (χ1v) is 39.8. The standard InChI is InChI=1S/C72H87N15O15S4/c1-9-84(10-2)57-40-54(55(42-59(57)99-8)81-82-71-78-66(86-28-33-100-34-29-86)60(103-71)38-48(46(6)88)68(89)75-51-19-14-16-21-62(51)105(92,93)94)74-65-27-25-45(5)50-26-24-44(4)47-37-56(85(11-3)43-102-32-18-12-13-23-64(73-50)77-65)58(98-7)41-53(47)80-83-72-79-67-61(104-72)39-49(70(91)87(67)30-35-101-36-31-87)69(90)76-52-20-15-17-22-63(52)106(95,96)97/h14-17,19-22,37-42,44-45,65H,9-13,18,23-36,43H2,1-8H3,(H4-,74,75,76,78,82,88,89,90,92,93,94,95,96,97)/p+1. The average Bonchev–Trinajstić information content (AvgIpc) is 1.42. The number of Topliss-reactive ketones (excluding diaryl/α,β-unsaturated/α-hetero) is 1. The molecule has 5 aliphatic heterocycles. The summed E-state index contributed by atoms with van der Waals surface area (Å²) in [5.41, 5.74) is 4.17. The molecule has 34 heteroatoms. The van der Waals surface area contributed by atoms with E-state index in [9.17, 15) is 45.1 Å². The highest BCUT2D eigenvalue weighted by molar-refractivity contribution is 7.86. The first-order valence-electron chi connectivity index (χ1n) is 35.2. The lowest BCUT2D eigenvalue weighted by Gasteiger charge is -2.38. The molecule has 3 unspecified atom stereocenters. The number of rotatable bonds is 21. The molecule has 7 heterocycles. The summed E-state index contributed by atoms with van der Waals surface area (Å²) in [4.78, 5) is 82.7. The van der Waals surface area contributed by atoms with E-state index >= 15 is 0 Å². The summed E-state index contributed by atoms with van der Waals surface area (Å²) in [6.07, 6.45) is 8.05. The Balaban J connectivity index is 0.901. The number of amides is 3. The van der Waals surface area contributed by atoms with Gasteiger partial charge in [0.2, 0.25) is 10.3 Å². The van der Waals surface area contributed by atoms with Crippen molar-refractivity contribution in [1.29, 1.82) is 0 Å². The van der Waals surface area contributed by atoms with E-state index in [1.807, 2.05) is 23.1 Å². The third-order valence-electron chi connectivity index (χ3n) is 19.1. The van der Waals surface area contributed by atoms with Crippen LogP contribution in [-0.2, 0) is 53.6 Å². The molecule has 0 saturated carbocycles. The van der Waals surface area contributed by atoms with Crippen molar-refractivity contribution >= 4 is 152 Å². The van der Waals surface area contributed by atoms with Crippen LogP contribution < -0.4 is 44.6 Å². The molecule has 0 radical (unpaired) electrons. The van der Waals surface area contributed by atoms with Crippen molar-refractivity contribution in [3.8, 4) is 11.5 Å². The number of morpholine rings is 2. The quantitative estimate of drug-likeness (QED) is 0.0112. The molecule has 4 aromatic carbocycles. The van der Waals surface area contributed by atoms with Crippen LogP contribution in [0.4, 0.5) is 61.7 Å². The summed E-state index contributed by atoms with van der Waals surface area (Å²) in [6, 6.07) is 18.5. The minimum absolute atomic E-state index is 0.0317. The average molecular weight is 1530 g/mol. The monoisotopic (exact) mass is 1530 g/mol. The number of nitrogens with one attached hydrogen (secondary N) is 3. The normalized spacial score (nSPS) is 19.3.